The molecule has 120 valence electrons. The molecule has 2 aromatic rings. The molecule has 0 fully saturated rings. The molecular formula is C17H16BrClN2O2. The fourth-order valence-corrected chi connectivity index (χ4v) is 2.44. The van der Waals surface area contributed by atoms with Crippen LogP contribution in [0.3, 0.4) is 0 Å². The number of halogens is 2. The summed E-state index contributed by atoms with van der Waals surface area (Å²) in [5.74, 6) is -0.500. The Balaban J connectivity index is 1.70. The molecule has 2 rings (SSSR count). The lowest BCUT2D eigenvalue weighted by atomic mass is 10.1. The lowest BCUT2D eigenvalue weighted by Gasteiger charge is -2.07. The van der Waals surface area contributed by atoms with E-state index < -0.39 is 0 Å². The summed E-state index contributed by atoms with van der Waals surface area (Å²) in [6.07, 6.45) is 0.687. The first-order valence-corrected chi connectivity index (χ1v) is 8.26. The van der Waals surface area contributed by atoms with Crippen LogP contribution in [0.4, 0.5) is 0 Å². The molecule has 6 heteroatoms. The number of benzene rings is 2. The molecule has 0 aliphatic heterocycles. The zero-order valence-corrected chi connectivity index (χ0v) is 14.7. The Morgan fingerprint density at radius 2 is 1.78 bits per heavy atom. The molecule has 2 aromatic carbocycles. The van der Waals surface area contributed by atoms with E-state index in [9.17, 15) is 9.59 Å². The highest BCUT2D eigenvalue weighted by Gasteiger charge is 2.07. The molecule has 2 N–H and O–H groups in total. The minimum absolute atomic E-state index is 0.0511. The first kappa shape index (κ1) is 17.5. The maximum absolute atomic E-state index is 11.9. The number of carbonyl (C=O) groups is 2. The summed E-state index contributed by atoms with van der Waals surface area (Å²) in [7, 11) is 0. The highest BCUT2D eigenvalue weighted by atomic mass is 79.9. The predicted octanol–water partition coefficient (Wildman–Crippen LogP) is 3.19. The Hall–Kier alpha value is -1.85. The predicted molar refractivity (Wildman–Crippen MR) is 94.6 cm³/mol. The summed E-state index contributed by atoms with van der Waals surface area (Å²) in [5, 5.41) is 6.03. The number of carbonyl (C=O) groups excluding carboxylic acids is 2. The monoisotopic (exact) mass is 394 g/mol. The van der Waals surface area contributed by atoms with E-state index in [-0.39, 0.29) is 18.4 Å². The average molecular weight is 396 g/mol. The van der Waals surface area contributed by atoms with Crippen LogP contribution in [0, 0.1) is 0 Å². The fourth-order valence-electron chi connectivity index (χ4n) is 1.97. The number of amides is 2. The van der Waals surface area contributed by atoms with Crippen LogP contribution in [0.15, 0.2) is 53.0 Å². The van der Waals surface area contributed by atoms with Gasteiger partial charge in [0.25, 0.3) is 5.91 Å². The van der Waals surface area contributed by atoms with E-state index in [2.05, 4.69) is 26.6 Å². The van der Waals surface area contributed by atoms with Crippen molar-refractivity contribution in [2.75, 3.05) is 13.1 Å². The van der Waals surface area contributed by atoms with Gasteiger partial charge < -0.3 is 10.6 Å². The maximum Gasteiger partial charge on any atom is 0.251 e. The van der Waals surface area contributed by atoms with Gasteiger partial charge in [0.15, 0.2) is 0 Å². The van der Waals surface area contributed by atoms with Gasteiger partial charge in [0.1, 0.15) is 0 Å². The third-order valence-corrected chi connectivity index (χ3v) is 3.90. The van der Waals surface area contributed by atoms with Crippen molar-refractivity contribution < 1.29 is 9.59 Å². The number of rotatable bonds is 6. The van der Waals surface area contributed by atoms with E-state index in [1.54, 1.807) is 30.3 Å². The summed E-state index contributed by atoms with van der Waals surface area (Å²) in [6, 6.07) is 14.4. The van der Waals surface area contributed by atoms with Crippen LogP contribution in [-0.4, -0.2) is 24.9 Å². The molecule has 0 aliphatic carbocycles. The van der Waals surface area contributed by atoms with Crippen LogP contribution in [0.1, 0.15) is 15.9 Å². The summed E-state index contributed by atoms with van der Waals surface area (Å²) in [5.41, 5.74) is 1.57. The van der Waals surface area contributed by atoms with Crippen LogP contribution in [-0.2, 0) is 11.2 Å². The van der Waals surface area contributed by atoms with E-state index >= 15 is 0 Å². The summed E-state index contributed by atoms with van der Waals surface area (Å²) >= 11 is 9.21. The Labute approximate surface area is 148 Å². The van der Waals surface area contributed by atoms with Gasteiger partial charge in [-0.25, -0.2) is 0 Å². The number of hydrogen-bond donors (Lipinski definition) is 2. The van der Waals surface area contributed by atoms with Gasteiger partial charge >= 0.3 is 0 Å². The van der Waals surface area contributed by atoms with Gasteiger partial charge in [-0.3, -0.25) is 9.59 Å². The molecule has 4 nitrogen and oxygen atoms in total. The summed E-state index contributed by atoms with van der Waals surface area (Å²) in [6.45, 7) is 0.442. The third-order valence-electron chi connectivity index (χ3n) is 3.14. The smallest absolute Gasteiger partial charge is 0.251 e. The van der Waals surface area contributed by atoms with Crippen LogP contribution < -0.4 is 10.6 Å². The summed E-state index contributed by atoms with van der Waals surface area (Å²) < 4.78 is 0.896. The van der Waals surface area contributed by atoms with Gasteiger partial charge in [0.2, 0.25) is 5.91 Å². The number of nitrogens with one attached hydrogen (secondary N) is 2. The second kappa shape index (κ2) is 8.70. The normalized spacial score (nSPS) is 10.2. The van der Waals surface area contributed by atoms with Gasteiger partial charge in [-0.2, -0.15) is 0 Å². The van der Waals surface area contributed by atoms with Crippen LogP contribution in [0.25, 0.3) is 0 Å². The molecule has 0 saturated carbocycles. The van der Waals surface area contributed by atoms with E-state index in [4.69, 9.17) is 11.6 Å². The SMILES string of the molecule is O=C(CNC(=O)c1ccc(Br)cc1)NCCc1cccc(Cl)c1. The maximum atomic E-state index is 11.9. The van der Waals surface area contributed by atoms with Crippen LogP contribution in [0.5, 0.6) is 0 Å². The minimum Gasteiger partial charge on any atom is -0.354 e. The van der Waals surface area contributed by atoms with Crippen LogP contribution >= 0.6 is 27.5 Å². The molecule has 0 heterocycles. The van der Waals surface area contributed by atoms with Crippen molar-refractivity contribution in [3.05, 3.63) is 69.2 Å². The highest BCUT2D eigenvalue weighted by molar-refractivity contribution is 9.10. The second-order valence-corrected chi connectivity index (χ2v) is 6.27. The van der Waals surface area contributed by atoms with Crippen LogP contribution in [0.2, 0.25) is 5.02 Å². The molecule has 23 heavy (non-hydrogen) atoms. The van der Waals surface area contributed by atoms with Gasteiger partial charge in [-0.1, -0.05) is 39.7 Å². The first-order chi connectivity index (χ1) is 11.0. The molecule has 0 radical (unpaired) electrons. The van der Waals surface area contributed by atoms with Crippen molar-refractivity contribution in [3.63, 3.8) is 0 Å². The Morgan fingerprint density at radius 1 is 1.04 bits per heavy atom. The van der Waals surface area contributed by atoms with E-state index in [1.807, 2.05) is 18.2 Å². The van der Waals surface area contributed by atoms with E-state index in [0.717, 1.165) is 10.0 Å². The van der Waals surface area contributed by atoms with Gasteiger partial charge in [0.05, 0.1) is 6.54 Å². The average Bonchev–Trinajstić information content (AvgIpc) is 2.53. The van der Waals surface area contributed by atoms with Crippen molar-refractivity contribution >= 4 is 39.3 Å². The fraction of sp³-hybridized carbons (Fsp3) is 0.176. The minimum atomic E-state index is -0.275. The Kier molecular flexibility index (Phi) is 6.62. The molecule has 0 saturated heterocycles. The Bertz CT molecular complexity index is 689. The standard InChI is InChI=1S/C17H16BrClN2O2/c18-14-6-4-13(5-7-14)17(23)21-11-16(22)20-9-8-12-2-1-3-15(19)10-12/h1-7,10H,8-9,11H2,(H,20,22)(H,21,23). The zero-order valence-electron chi connectivity index (χ0n) is 12.3. The molecule has 0 unspecified atom stereocenters. The van der Waals surface area contributed by atoms with Crippen molar-refractivity contribution in [1.82, 2.24) is 10.6 Å². The van der Waals surface area contributed by atoms with Crippen molar-refractivity contribution in [3.8, 4) is 0 Å². The Morgan fingerprint density at radius 3 is 2.48 bits per heavy atom. The van der Waals surface area contributed by atoms with E-state index in [0.29, 0.717) is 23.6 Å². The largest absolute Gasteiger partial charge is 0.354 e. The van der Waals surface area contributed by atoms with E-state index in [1.165, 1.54) is 0 Å². The molecule has 0 atom stereocenters. The molecule has 0 aromatic heterocycles. The second-order valence-electron chi connectivity index (χ2n) is 4.92. The lowest BCUT2D eigenvalue weighted by molar-refractivity contribution is -0.120. The van der Waals surface area contributed by atoms with Gasteiger partial charge in [-0.15, -0.1) is 0 Å². The highest BCUT2D eigenvalue weighted by Crippen LogP contribution is 2.11. The van der Waals surface area contributed by atoms with Crippen molar-refractivity contribution in [2.45, 2.75) is 6.42 Å². The van der Waals surface area contributed by atoms with Gasteiger partial charge in [0, 0.05) is 21.6 Å². The molecule has 0 aliphatic rings. The molecule has 2 amide bonds. The molecule has 0 bridgehead atoms. The first-order valence-electron chi connectivity index (χ1n) is 7.09. The van der Waals surface area contributed by atoms with Crippen molar-refractivity contribution in [2.24, 2.45) is 0 Å². The molecule has 0 spiro atoms. The van der Waals surface area contributed by atoms with Crippen molar-refractivity contribution in [1.29, 1.82) is 0 Å². The quantitative estimate of drug-likeness (QED) is 0.789. The molecular weight excluding hydrogens is 380 g/mol. The topological polar surface area (TPSA) is 58.2 Å². The lowest BCUT2D eigenvalue weighted by Crippen LogP contribution is -2.37. The zero-order chi connectivity index (χ0) is 16.7. The van der Waals surface area contributed by atoms with Gasteiger partial charge in [-0.05, 0) is 48.4 Å². The summed E-state index contributed by atoms with van der Waals surface area (Å²) in [4.78, 5) is 23.6. The number of hydrogen-bond acceptors (Lipinski definition) is 2. The third kappa shape index (κ3) is 6.04.